The minimum atomic E-state index is -3.38. The maximum absolute atomic E-state index is 12.2. The molecule has 0 aromatic rings. The Hall–Kier alpha value is -1.15. The van der Waals surface area contributed by atoms with Crippen LogP contribution in [0.3, 0.4) is 0 Å². The van der Waals surface area contributed by atoms with Gasteiger partial charge in [0.1, 0.15) is 5.54 Å². The number of amides is 3. The van der Waals surface area contributed by atoms with Crippen LogP contribution < -0.4 is 10.6 Å². The molecule has 1 spiro atoms. The van der Waals surface area contributed by atoms with Gasteiger partial charge in [0.15, 0.2) is 0 Å². The number of hydrogen-bond acceptors (Lipinski definition) is 4. The highest BCUT2D eigenvalue weighted by molar-refractivity contribution is 7.89. The molecule has 2 N–H and O–H groups in total. The van der Waals surface area contributed by atoms with Crippen molar-refractivity contribution in [3.05, 3.63) is 0 Å². The molecule has 1 atom stereocenters. The molecule has 2 rings (SSSR count). The summed E-state index contributed by atoms with van der Waals surface area (Å²) in [5.41, 5.74) is -1.08. The number of carbonyl (C=O) groups is 2. The molecule has 108 valence electrons. The predicted octanol–water partition coefficient (Wildman–Crippen LogP) is -0.354. The Balaban J connectivity index is 2.18. The number of nitrogens with zero attached hydrogens (tertiary/aromatic N) is 1. The first kappa shape index (κ1) is 14.3. The molecule has 2 saturated heterocycles. The normalized spacial score (nSPS) is 28.8. The van der Waals surface area contributed by atoms with Crippen molar-refractivity contribution in [3.8, 4) is 0 Å². The summed E-state index contributed by atoms with van der Waals surface area (Å²) in [7, 11) is -3.38. The smallest absolute Gasteiger partial charge is 0.322 e. The third kappa shape index (κ3) is 2.74. The SMILES string of the molecule is CC(C)CS(=O)(=O)N1CCCC2(C1)NC(=O)NC2=O. The number of piperidine rings is 1. The summed E-state index contributed by atoms with van der Waals surface area (Å²) in [5.74, 6) is -0.352. The van der Waals surface area contributed by atoms with Gasteiger partial charge in [-0.15, -0.1) is 0 Å². The molecule has 3 amide bonds. The Morgan fingerprint density at radius 3 is 2.58 bits per heavy atom. The highest BCUT2D eigenvalue weighted by atomic mass is 32.2. The number of nitrogens with one attached hydrogen (secondary N) is 2. The van der Waals surface area contributed by atoms with Crippen molar-refractivity contribution in [2.75, 3.05) is 18.8 Å². The molecule has 0 aromatic heterocycles. The fourth-order valence-corrected chi connectivity index (χ4v) is 4.47. The van der Waals surface area contributed by atoms with Crippen molar-refractivity contribution in [1.29, 1.82) is 0 Å². The number of sulfonamides is 1. The second-order valence-electron chi connectivity index (χ2n) is 5.60. The van der Waals surface area contributed by atoms with Crippen molar-refractivity contribution in [3.63, 3.8) is 0 Å². The highest BCUT2D eigenvalue weighted by Crippen LogP contribution is 2.26. The van der Waals surface area contributed by atoms with Crippen LogP contribution in [0.25, 0.3) is 0 Å². The van der Waals surface area contributed by atoms with Crippen molar-refractivity contribution >= 4 is 22.0 Å². The number of rotatable bonds is 3. The van der Waals surface area contributed by atoms with Crippen LogP contribution in [0.4, 0.5) is 4.79 Å². The van der Waals surface area contributed by atoms with Gasteiger partial charge >= 0.3 is 6.03 Å². The Morgan fingerprint density at radius 1 is 1.37 bits per heavy atom. The fourth-order valence-electron chi connectivity index (χ4n) is 2.60. The van der Waals surface area contributed by atoms with Crippen LogP contribution in [0.15, 0.2) is 0 Å². The summed E-state index contributed by atoms with van der Waals surface area (Å²) < 4.78 is 25.7. The monoisotopic (exact) mass is 289 g/mol. The van der Waals surface area contributed by atoms with Gasteiger partial charge in [-0.05, 0) is 18.8 Å². The molecular formula is C11H19N3O4S. The van der Waals surface area contributed by atoms with Crippen molar-refractivity contribution < 1.29 is 18.0 Å². The minimum absolute atomic E-state index is 0.0230. The summed E-state index contributed by atoms with van der Waals surface area (Å²) in [5, 5.41) is 4.75. The van der Waals surface area contributed by atoms with Gasteiger partial charge in [0, 0.05) is 13.1 Å². The van der Waals surface area contributed by atoms with Gasteiger partial charge in [-0.2, -0.15) is 4.31 Å². The van der Waals surface area contributed by atoms with E-state index in [1.54, 1.807) is 0 Å². The van der Waals surface area contributed by atoms with Gasteiger partial charge in [0.2, 0.25) is 10.0 Å². The Kier molecular flexibility index (Phi) is 3.57. The number of urea groups is 1. The number of carbonyl (C=O) groups excluding carboxylic acids is 2. The van der Waals surface area contributed by atoms with Crippen LogP contribution in [0, 0.1) is 5.92 Å². The van der Waals surface area contributed by atoms with E-state index in [1.807, 2.05) is 13.8 Å². The van der Waals surface area contributed by atoms with E-state index >= 15 is 0 Å². The lowest BCUT2D eigenvalue weighted by Crippen LogP contribution is -2.59. The quantitative estimate of drug-likeness (QED) is 0.694. The van der Waals surface area contributed by atoms with Crippen LogP contribution in [0.2, 0.25) is 0 Å². The predicted molar refractivity (Wildman–Crippen MR) is 68.8 cm³/mol. The fraction of sp³-hybridized carbons (Fsp3) is 0.818. The third-order valence-electron chi connectivity index (χ3n) is 3.41. The zero-order chi connectivity index (χ0) is 14.3. The van der Waals surface area contributed by atoms with E-state index in [9.17, 15) is 18.0 Å². The van der Waals surface area contributed by atoms with Gasteiger partial charge < -0.3 is 5.32 Å². The lowest BCUT2D eigenvalue weighted by molar-refractivity contribution is -0.125. The molecule has 2 aliphatic heterocycles. The molecule has 1 unspecified atom stereocenters. The molecule has 0 aliphatic carbocycles. The summed E-state index contributed by atoms with van der Waals surface area (Å²) >= 11 is 0. The topological polar surface area (TPSA) is 95.6 Å². The molecule has 8 heteroatoms. The standard InChI is InChI=1S/C11H19N3O4S/c1-8(2)6-19(17,18)14-5-3-4-11(7-14)9(15)12-10(16)13-11/h8H,3-7H2,1-2H3,(H2,12,13,15,16). The lowest BCUT2D eigenvalue weighted by atomic mass is 9.90. The maximum atomic E-state index is 12.2. The van der Waals surface area contributed by atoms with E-state index in [0.29, 0.717) is 19.4 Å². The Labute approximate surface area is 112 Å². The van der Waals surface area contributed by atoms with E-state index in [1.165, 1.54) is 4.31 Å². The van der Waals surface area contributed by atoms with Gasteiger partial charge in [0.25, 0.3) is 5.91 Å². The first-order valence-corrected chi connectivity index (χ1v) is 7.97. The summed E-state index contributed by atoms with van der Waals surface area (Å²) in [4.78, 5) is 23.1. The average Bonchev–Trinajstić information content (AvgIpc) is 2.52. The van der Waals surface area contributed by atoms with Crippen LogP contribution in [0.1, 0.15) is 26.7 Å². The van der Waals surface area contributed by atoms with Crippen molar-refractivity contribution in [2.45, 2.75) is 32.2 Å². The second kappa shape index (κ2) is 4.75. The average molecular weight is 289 g/mol. The van der Waals surface area contributed by atoms with E-state index in [-0.39, 0.29) is 18.2 Å². The molecular weight excluding hydrogens is 270 g/mol. The number of hydrogen-bond donors (Lipinski definition) is 2. The summed E-state index contributed by atoms with van der Waals surface area (Å²) in [6.45, 7) is 4.10. The van der Waals surface area contributed by atoms with E-state index < -0.39 is 27.5 Å². The zero-order valence-electron chi connectivity index (χ0n) is 11.1. The van der Waals surface area contributed by atoms with Crippen molar-refractivity contribution in [2.24, 2.45) is 5.92 Å². The molecule has 0 radical (unpaired) electrons. The lowest BCUT2D eigenvalue weighted by Gasteiger charge is -2.37. The van der Waals surface area contributed by atoms with E-state index in [0.717, 1.165) is 0 Å². The molecule has 0 saturated carbocycles. The van der Waals surface area contributed by atoms with Crippen molar-refractivity contribution in [1.82, 2.24) is 14.9 Å². The minimum Gasteiger partial charge on any atom is -0.322 e. The second-order valence-corrected chi connectivity index (χ2v) is 7.61. The molecule has 0 aromatic carbocycles. The van der Waals surface area contributed by atoms with Crippen LogP contribution >= 0.6 is 0 Å². The molecule has 2 aliphatic rings. The van der Waals surface area contributed by atoms with Crippen LogP contribution in [-0.4, -0.2) is 49.0 Å². The van der Waals surface area contributed by atoms with Gasteiger partial charge in [-0.3, -0.25) is 10.1 Å². The van der Waals surface area contributed by atoms with E-state index in [4.69, 9.17) is 0 Å². The van der Waals surface area contributed by atoms with E-state index in [2.05, 4.69) is 10.6 Å². The maximum Gasteiger partial charge on any atom is 0.322 e. The molecule has 7 nitrogen and oxygen atoms in total. The highest BCUT2D eigenvalue weighted by Gasteiger charge is 2.50. The van der Waals surface area contributed by atoms with Crippen LogP contribution in [0.5, 0.6) is 0 Å². The van der Waals surface area contributed by atoms with Gasteiger partial charge in [0.05, 0.1) is 5.75 Å². The first-order chi connectivity index (χ1) is 8.75. The molecule has 19 heavy (non-hydrogen) atoms. The molecule has 2 fully saturated rings. The van der Waals surface area contributed by atoms with Gasteiger partial charge in [-0.25, -0.2) is 13.2 Å². The molecule has 0 bridgehead atoms. The van der Waals surface area contributed by atoms with Crippen LogP contribution in [-0.2, 0) is 14.8 Å². The Bertz CT molecular complexity index is 502. The van der Waals surface area contributed by atoms with Gasteiger partial charge in [-0.1, -0.05) is 13.8 Å². The Morgan fingerprint density at radius 2 is 2.05 bits per heavy atom. The first-order valence-electron chi connectivity index (χ1n) is 6.37. The molecule has 2 heterocycles. The summed E-state index contributed by atoms with van der Waals surface area (Å²) in [6.07, 6.45) is 1.03. The number of imide groups is 1. The summed E-state index contributed by atoms with van der Waals surface area (Å²) in [6, 6.07) is -0.548. The zero-order valence-corrected chi connectivity index (χ0v) is 11.9. The third-order valence-corrected chi connectivity index (χ3v) is 5.60. The largest absolute Gasteiger partial charge is 0.322 e.